The van der Waals surface area contributed by atoms with Gasteiger partial charge >= 0.3 is 0 Å². The molecule has 60 valence electrons. The van der Waals surface area contributed by atoms with E-state index in [9.17, 15) is 0 Å². The lowest BCUT2D eigenvalue weighted by Gasteiger charge is -2.22. The molecule has 0 N–H and O–H groups in total. The molecule has 2 heterocycles. The Morgan fingerprint density at radius 3 is 3.08 bits per heavy atom. The second-order valence-electron chi connectivity index (χ2n) is 3.19. The predicted octanol–water partition coefficient (Wildman–Crippen LogP) is 1.75. The van der Waals surface area contributed by atoms with E-state index in [-0.39, 0.29) is 0 Å². The molecule has 2 aliphatic heterocycles. The summed E-state index contributed by atoms with van der Waals surface area (Å²) >= 11 is 0. The number of hydrogen-bond acceptors (Lipinski definition) is 2. The molecule has 0 fully saturated rings. The minimum absolute atomic E-state index is 1.02. The van der Waals surface area contributed by atoms with Crippen molar-refractivity contribution < 1.29 is 0 Å². The number of fused-ring (bicyclic) bond motifs is 3. The summed E-state index contributed by atoms with van der Waals surface area (Å²) < 4.78 is 0. The van der Waals surface area contributed by atoms with Crippen molar-refractivity contribution >= 4 is 5.69 Å². The fourth-order valence-electron chi connectivity index (χ4n) is 1.90. The van der Waals surface area contributed by atoms with Gasteiger partial charge in [0.1, 0.15) is 0 Å². The molecule has 2 heteroatoms. The van der Waals surface area contributed by atoms with E-state index in [1.54, 1.807) is 0 Å². The SMILES string of the molecule is C1=CN2Cc3ccccc3N2C1. The van der Waals surface area contributed by atoms with Crippen LogP contribution in [0.2, 0.25) is 0 Å². The zero-order valence-corrected chi connectivity index (χ0v) is 6.77. The Bertz CT molecular complexity index is 343. The van der Waals surface area contributed by atoms with Crippen LogP contribution in [-0.4, -0.2) is 11.6 Å². The maximum atomic E-state index is 2.30. The first-order chi connectivity index (χ1) is 5.95. The molecule has 0 aliphatic carbocycles. The van der Waals surface area contributed by atoms with Crippen LogP contribution in [-0.2, 0) is 6.54 Å². The smallest absolute Gasteiger partial charge is 0.0660 e. The molecule has 3 rings (SSSR count). The van der Waals surface area contributed by atoms with Gasteiger partial charge < -0.3 is 0 Å². The topological polar surface area (TPSA) is 6.48 Å². The third-order valence-corrected chi connectivity index (χ3v) is 2.47. The molecule has 2 aliphatic rings. The largest absolute Gasteiger partial charge is 0.288 e. The second kappa shape index (κ2) is 2.03. The molecular weight excluding hydrogens is 148 g/mol. The fraction of sp³-hybridized carbons (Fsp3) is 0.200. The van der Waals surface area contributed by atoms with E-state index in [0.717, 1.165) is 13.1 Å². The van der Waals surface area contributed by atoms with Gasteiger partial charge in [-0.1, -0.05) is 18.2 Å². The molecule has 1 aromatic carbocycles. The van der Waals surface area contributed by atoms with Gasteiger partial charge in [0.2, 0.25) is 0 Å². The summed E-state index contributed by atoms with van der Waals surface area (Å²) in [6, 6.07) is 8.58. The molecule has 0 spiro atoms. The van der Waals surface area contributed by atoms with Crippen LogP contribution in [0.1, 0.15) is 5.56 Å². The average molecular weight is 158 g/mol. The van der Waals surface area contributed by atoms with Crippen LogP contribution >= 0.6 is 0 Å². The van der Waals surface area contributed by atoms with Crippen molar-refractivity contribution in [2.45, 2.75) is 6.54 Å². The maximum absolute atomic E-state index is 2.30. The third-order valence-electron chi connectivity index (χ3n) is 2.47. The summed E-state index contributed by atoms with van der Waals surface area (Å²) in [5, 5.41) is 4.56. The number of hydrazine groups is 1. The zero-order chi connectivity index (χ0) is 7.97. The minimum Gasteiger partial charge on any atom is -0.288 e. The monoisotopic (exact) mass is 158 g/mol. The summed E-state index contributed by atoms with van der Waals surface area (Å²) in [7, 11) is 0. The van der Waals surface area contributed by atoms with Crippen molar-refractivity contribution in [1.29, 1.82) is 0 Å². The van der Waals surface area contributed by atoms with Crippen molar-refractivity contribution in [2.75, 3.05) is 11.6 Å². The number of nitrogens with zero attached hydrogens (tertiary/aromatic N) is 2. The van der Waals surface area contributed by atoms with Gasteiger partial charge in [-0.25, -0.2) is 0 Å². The summed E-state index contributed by atoms with van der Waals surface area (Å²) in [5.41, 5.74) is 2.80. The molecule has 0 unspecified atom stereocenters. The number of rotatable bonds is 0. The summed E-state index contributed by atoms with van der Waals surface area (Å²) in [6.07, 6.45) is 4.34. The fourth-order valence-corrected chi connectivity index (χ4v) is 1.90. The molecule has 0 atom stereocenters. The molecule has 0 bridgehead atoms. The normalized spacial score (nSPS) is 18.3. The van der Waals surface area contributed by atoms with Crippen LogP contribution in [0.4, 0.5) is 5.69 Å². The molecular formula is C10H10N2. The predicted molar refractivity (Wildman–Crippen MR) is 48.5 cm³/mol. The highest BCUT2D eigenvalue weighted by Crippen LogP contribution is 2.32. The zero-order valence-electron chi connectivity index (χ0n) is 6.77. The molecule has 2 nitrogen and oxygen atoms in total. The molecule has 0 aromatic heterocycles. The summed E-state index contributed by atoms with van der Waals surface area (Å²) in [6.45, 7) is 2.06. The van der Waals surface area contributed by atoms with Gasteiger partial charge in [0.25, 0.3) is 0 Å². The molecule has 0 amide bonds. The van der Waals surface area contributed by atoms with Crippen LogP contribution in [0, 0.1) is 0 Å². The van der Waals surface area contributed by atoms with E-state index in [2.05, 4.69) is 46.6 Å². The maximum Gasteiger partial charge on any atom is 0.0660 e. The van der Waals surface area contributed by atoms with Crippen molar-refractivity contribution in [3.8, 4) is 0 Å². The summed E-state index contributed by atoms with van der Waals surface area (Å²) in [5.74, 6) is 0. The molecule has 0 radical (unpaired) electrons. The van der Waals surface area contributed by atoms with Crippen LogP contribution in [0.25, 0.3) is 0 Å². The van der Waals surface area contributed by atoms with Gasteiger partial charge in [-0.05, 0) is 17.7 Å². The van der Waals surface area contributed by atoms with E-state index in [0.29, 0.717) is 0 Å². The lowest BCUT2D eigenvalue weighted by atomic mass is 10.2. The minimum atomic E-state index is 1.02. The number of benzene rings is 1. The Labute approximate surface area is 71.7 Å². The van der Waals surface area contributed by atoms with Crippen molar-refractivity contribution in [3.63, 3.8) is 0 Å². The van der Waals surface area contributed by atoms with Gasteiger partial charge in [-0.3, -0.25) is 10.0 Å². The molecule has 1 aromatic rings. The van der Waals surface area contributed by atoms with Crippen molar-refractivity contribution in [3.05, 3.63) is 42.1 Å². The number of anilines is 1. The quantitative estimate of drug-likeness (QED) is 0.567. The Hall–Kier alpha value is -1.44. The van der Waals surface area contributed by atoms with E-state index in [4.69, 9.17) is 0 Å². The van der Waals surface area contributed by atoms with Crippen molar-refractivity contribution in [1.82, 2.24) is 5.01 Å². The highest BCUT2D eigenvalue weighted by Gasteiger charge is 2.25. The Morgan fingerprint density at radius 1 is 1.17 bits per heavy atom. The van der Waals surface area contributed by atoms with Crippen molar-refractivity contribution in [2.24, 2.45) is 0 Å². The first-order valence-corrected chi connectivity index (χ1v) is 4.24. The third kappa shape index (κ3) is 0.644. The Balaban J connectivity index is 2.12. The van der Waals surface area contributed by atoms with Gasteiger partial charge in [0.15, 0.2) is 0 Å². The molecule has 12 heavy (non-hydrogen) atoms. The van der Waals surface area contributed by atoms with E-state index in [1.807, 2.05) is 0 Å². The first-order valence-electron chi connectivity index (χ1n) is 4.24. The number of hydrogen-bond donors (Lipinski definition) is 0. The first kappa shape index (κ1) is 6.12. The van der Waals surface area contributed by atoms with Crippen LogP contribution in [0.15, 0.2) is 36.5 Å². The van der Waals surface area contributed by atoms with E-state index in [1.165, 1.54) is 11.3 Å². The van der Waals surface area contributed by atoms with E-state index < -0.39 is 0 Å². The summed E-state index contributed by atoms with van der Waals surface area (Å²) in [4.78, 5) is 0. The van der Waals surface area contributed by atoms with Crippen LogP contribution in [0.3, 0.4) is 0 Å². The standard InChI is InChI=1S/C10H10N2/c1-2-5-10-9(4-1)8-11-6-3-7-12(10)11/h1-6H,7-8H2. The van der Waals surface area contributed by atoms with Gasteiger partial charge in [0.05, 0.1) is 18.8 Å². The van der Waals surface area contributed by atoms with Crippen LogP contribution < -0.4 is 5.01 Å². The van der Waals surface area contributed by atoms with E-state index >= 15 is 0 Å². The lowest BCUT2D eigenvalue weighted by molar-refractivity contribution is 0.400. The highest BCUT2D eigenvalue weighted by molar-refractivity contribution is 5.57. The van der Waals surface area contributed by atoms with Crippen LogP contribution in [0.5, 0.6) is 0 Å². The molecule has 0 saturated carbocycles. The highest BCUT2D eigenvalue weighted by atomic mass is 15.6. The molecule has 0 saturated heterocycles. The second-order valence-corrected chi connectivity index (χ2v) is 3.19. The van der Waals surface area contributed by atoms with Gasteiger partial charge in [0, 0.05) is 6.20 Å². The van der Waals surface area contributed by atoms with Gasteiger partial charge in [-0.2, -0.15) is 0 Å². The van der Waals surface area contributed by atoms with Gasteiger partial charge in [-0.15, -0.1) is 0 Å². The Morgan fingerprint density at radius 2 is 2.08 bits per heavy atom. The Kier molecular flexibility index (Phi) is 1.04. The number of para-hydroxylation sites is 1. The average Bonchev–Trinajstić information content (AvgIpc) is 2.62. The lowest BCUT2D eigenvalue weighted by Crippen LogP contribution is -2.28.